The summed E-state index contributed by atoms with van der Waals surface area (Å²) in [5.74, 6) is 0.755. The van der Waals surface area contributed by atoms with E-state index in [0.717, 1.165) is 17.1 Å². The number of benzene rings is 1. The molecule has 23 heavy (non-hydrogen) atoms. The summed E-state index contributed by atoms with van der Waals surface area (Å²) in [4.78, 5) is 11.2. The molecule has 0 heterocycles. The van der Waals surface area contributed by atoms with E-state index in [1.807, 2.05) is 39.0 Å². The predicted molar refractivity (Wildman–Crippen MR) is 91.2 cm³/mol. The van der Waals surface area contributed by atoms with Crippen LogP contribution in [0.1, 0.15) is 52.5 Å². The molecule has 0 saturated heterocycles. The van der Waals surface area contributed by atoms with Gasteiger partial charge in [0.15, 0.2) is 11.5 Å². The van der Waals surface area contributed by atoms with Crippen LogP contribution < -0.4 is 15.2 Å². The highest BCUT2D eigenvalue weighted by Crippen LogP contribution is 2.35. The highest BCUT2D eigenvalue weighted by atomic mass is 16.5. The van der Waals surface area contributed by atoms with E-state index in [4.69, 9.17) is 15.2 Å². The first-order valence-electron chi connectivity index (χ1n) is 8.14. The maximum Gasteiger partial charge on any atom is 0.323 e. The van der Waals surface area contributed by atoms with E-state index in [1.54, 1.807) is 6.92 Å². The Morgan fingerprint density at radius 1 is 1.22 bits per heavy atom. The van der Waals surface area contributed by atoms with Crippen molar-refractivity contribution >= 4 is 5.97 Å². The summed E-state index contributed by atoms with van der Waals surface area (Å²) < 4.78 is 11.2. The molecule has 0 aliphatic carbocycles. The summed E-state index contributed by atoms with van der Waals surface area (Å²) in [7, 11) is 0. The third-order valence-corrected chi connectivity index (χ3v) is 4.18. The van der Waals surface area contributed by atoms with Crippen LogP contribution >= 0.6 is 0 Å². The van der Waals surface area contributed by atoms with Crippen LogP contribution in [0.5, 0.6) is 11.5 Å². The minimum atomic E-state index is -1.22. The molecule has 130 valence electrons. The molecule has 3 unspecified atom stereocenters. The maximum absolute atomic E-state index is 11.2. The standard InChI is InChI=1S/C18H29NO4/c1-6-22-15-9-8-14(10-16(15)23-7-2)13(4)12(3)11-18(5,19)17(20)21/h8-10,12-13H,6-7,11,19H2,1-5H3,(H,20,21). The molecule has 1 aromatic rings. The molecule has 0 aliphatic heterocycles. The summed E-state index contributed by atoms with van der Waals surface area (Å²) in [6.07, 6.45) is 0.403. The molecular weight excluding hydrogens is 294 g/mol. The molecule has 1 aromatic carbocycles. The van der Waals surface area contributed by atoms with Crippen LogP contribution in [0.25, 0.3) is 0 Å². The first-order valence-corrected chi connectivity index (χ1v) is 8.14. The van der Waals surface area contributed by atoms with Crippen LogP contribution in [0.15, 0.2) is 18.2 Å². The van der Waals surface area contributed by atoms with E-state index in [0.29, 0.717) is 19.6 Å². The maximum atomic E-state index is 11.2. The number of aliphatic carboxylic acids is 1. The molecule has 0 fully saturated rings. The Hall–Kier alpha value is -1.75. The van der Waals surface area contributed by atoms with E-state index >= 15 is 0 Å². The molecule has 3 N–H and O–H groups in total. The topological polar surface area (TPSA) is 81.8 Å². The Bertz CT molecular complexity index is 528. The molecule has 1 rings (SSSR count). The number of rotatable bonds is 9. The Morgan fingerprint density at radius 2 is 1.78 bits per heavy atom. The van der Waals surface area contributed by atoms with Crippen molar-refractivity contribution in [2.75, 3.05) is 13.2 Å². The van der Waals surface area contributed by atoms with Gasteiger partial charge in [0, 0.05) is 0 Å². The zero-order valence-electron chi connectivity index (χ0n) is 14.8. The van der Waals surface area contributed by atoms with Crippen molar-refractivity contribution in [3.05, 3.63) is 23.8 Å². The second-order valence-electron chi connectivity index (χ2n) is 6.26. The summed E-state index contributed by atoms with van der Waals surface area (Å²) >= 11 is 0. The van der Waals surface area contributed by atoms with Gasteiger partial charge < -0.3 is 20.3 Å². The number of nitrogens with two attached hydrogens (primary N) is 1. The lowest BCUT2D eigenvalue weighted by Crippen LogP contribution is -2.46. The molecule has 0 bridgehead atoms. The zero-order chi connectivity index (χ0) is 17.6. The van der Waals surface area contributed by atoms with Gasteiger partial charge in [0.2, 0.25) is 0 Å². The molecule has 3 atom stereocenters. The van der Waals surface area contributed by atoms with Crippen molar-refractivity contribution < 1.29 is 19.4 Å². The summed E-state index contributed by atoms with van der Waals surface area (Å²) in [6.45, 7) is 10.7. The van der Waals surface area contributed by atoms with Gasteiger partial charge in [-0.1, -0.05) is 19.9 Å². The fraction of sp³-hybridized carbons (Fsp3) is 0.611. The van der Waals surface area contributed by atoms with Crippen LogP contribution in [-0.2, 0) is 4.79 Å². The SMILES string of the molecule is CCOc1ccc(C(C)C(C)CC(C)(N)C(=O)O)cc1OCC. The lowest BCUT2D eigenvalue weighted by atomic mass is 9.80. The van der Waals surface area contributed by atoms with Crippen LogP contribution in [0.3, 0.4) is 0 Å². The minimum absolute atomic E-state index is 0.119. The normalized spacial score (nSPS) is 16.3. The van der Waals surface area contributed by atoms with Crippen molar-refractivity contribution in [1.29, 1.82) is 0 Å². The van der Waals surface area contributed by atoms with Crippen molar-refractivity contribution in [3.63, 3.8) is 0 Å². The predicted octanol–water partition coefficient (Wildman–Crippen LogP) is 3.42. The summed E-state index contributed by atoms with van der Waals surface area (Å²) in [6, 6.07) is 5.89. The smallest absolute Gasteiger partial charge is 0.323 e. The van der Waals surface area contributed by atoms with Crippen molar-refractivity contribution in [1.82, 2.24) is 0 Å². The number of ether oxygens (including phenoxy) is 2. The molecule has 0 amide bonds. The Morgan fingerprint density at radius 3 is 2.30 bits per heavy atom. The number of carboxylic acid groups (broad SMARTS) is 1. The summed E-state index contributed by atoms with van der Waals surface area (Å²) in [5, 5.41) is 9.19. The van der Waals surface area contributed by atoms with Crippen LogP contribution in [0, 0.1) is 5.92 Å². The minimum Gasteiger partial charge on any atom is -0.490 e. The van der Waals surface area contributed by atoms with E-state index in [9.17, 15) is 9.90 Å². The van der Waals surface area contributed by atoms with E-state index in [2.05, 4.69) is 6.92 Å². The second-order valence-corrected chi connectivity index (χ2v) is 6.26. The van der Waals surface area contributed by atoms with Crippen LogP contribution in [-0.4, -0.2) is 29.8 Å². The quantitative estimate of drug-likeness (QED) is 0.727. The number of carboxylic acids is 1. The van der Waals surface area contributed by atoms with Gasteiger partial charge in [0.1, 0.15) is 5.54 Å². The largest absolute Gasteiger partial charge is 0.490 e. The molecule has 0 radical (unpaired) electrons. The van der Waals surface area contributed by atoms with Gasteiger partial charge >= 0.3 is 5.97 Å². The van der Waals surface area contributed by atoms with Gasteiger partial charge in [-0.25, -0.2) is 0 Å². The Kier molecular flexibility index (Phi) is 6.88. The first kappa shape index (κ1) is 19.3. The fourth-order valence-electron chi connectivity index (χ4n) is 2.61. The van der Waals surface area contributed by atoms with E-state index < -0.39 is 11.5 Å². The molecular formula is C18H29NO4. The number of hydrogen-bond acceptors (Lipinski definition) is 4. The van der Waals surface area contributed by atoms with Crippen molar-refractivity contribution in [2.24, 2.45) is 11.7 Å². The first-order chi connectivity index (χ1) is 10.7. The van der Waals surface area contributed by atoms with Crippen molar-refractivity contribution in [2.45, 2.75) is 52.5 Å². The third-order valence-electron chi connectivity index (χ3n) is 4.18. The summed E-state index contributed by atoms with van der Waals surface area (Å²) in [5.41, 5.74) is 5.74. The monoisotopic (exact) mass is 323 g/mol. The molecule has 0 aliphatic rings. The number of hydrogen-bond donors (Lipinski definition) is 2. The molecule has 0 spiro atoms. The highest BCUT2D eigenvalue weighted by Gasteiger charge is 2.32. The molecule has 5 nitrogen and oxygen atoms in total. The van der Waals surface area contributed by atoms with Gasteiger partial charge in [0.05, 0.1) is 13.2 Å². The fourth-order valence-corrected chi connectivity index (χ4v) is 2.61. The third kappa shape index (κ3) is 5.13. The lowest BCUT2D eigenvalue weighted by Gasteiger charge is -2.28. The molecule has 5 heteroatoms. The Labute approximate surface area is 138 Å². The van der Waals surface area contributed by atoms with Gasteiger partial charge in [-0.05, 0) is 56.7 Å². The van der Waals surface area contributed by atoms with Crippen molar-refractivity contribution in [3.8, 4) is 11.5 Å². The van der Waals surface area contributed by atoms with Gasteiger partial charge in [-0.3, -0.25) is 4.79 Å². The van der Waals surface area contributed by atoms with Gasteiger partial charge in [0.25, 0.3) is 0 Å². The number of carbonyl (C=O) groups is 1. The molecule has 0 aromatic heterocycles. The average Bonchev–Trinajstić information content (AvgIpc) is 2.48. The molecule has 0 saturated carbocycles. The van der Waals surface area contributed by atoms with Gasteiger partial charge in [-0.15, -0.1) is 0 Å². The zero-order valence-corrected chi connectivity index (χ0v) is 14.8. The average molecular weight is 323 g/mol. The highest BCUT2D eigenvalue weighted by molar-refractivity contribution is 5.77. The van der Waals surface area contributed by atoms with Crippen LogP contribution in [0.4, 0.5) is 0 Å². The van der Waals surface area contributed by atoms with Gasteiger partial charge in [-0.2, -0.15) is 0 Å². The lowest BCUT2D eigenvalue weighted by molar-refractivity contribution is -0.143. The Balaban J connectivity index is 2.96. The van der Waals surface area contributed by atoms with E-state index in [-0.39, 0.29) is 11.8 Å². The van der Waals surface area contributed by atoms with E-state index in [1.165, 1.54) is 0 Å². The van der Waals surface area contributed by atoms with Crippen LogP contribution in [0.2, 0.25) is 0 Å². The second kappa shape index (κ2) is 8.20.